The summed E-state index contributed by atoms with van der Waals surface area (Å²) in [5.41, 5.74) is -1.09. The van der Waals surface area contributed by atoms with Gasteiger partial charge in [-0.3, -0.25) is 4.79 Å². The number of benzene rings is 3. The fourth-order valence-corrected chi connectivity index (χ4v) is 4.37. The largest absolute Gasteiger partial charge is 0.494 e. The van der Waals surface area contributed by atoms with Crippen LogP contribution in [-0.2, 0) is 22.3 Å². The maximum Gasteiger partial charge on any atom is 0.416 e. The van der Waals surface area contributed by atoms with Crippen molar-refractivity contribution in [3.63, 3.8) is 0 Å². The molecule has 10 heteroatoms. The van der Waals surface area contributed by atoms with E-state index in [0.29, 0.717) is 30.4 Å². The van der Waals surface area contributed by atoms with Gasteiger partial charge in [-0.15, -0.1) is 0 Å². The van der Waals surface area contributed by atoms with Crippen LogP contribution in [0.3, 0.4) is 0 Å². The van der Waals surface area contributed by atoms with E-state index >= 15 is 0 Å². The molecule has 1 amide bonds. The Balaban J connectivity index is 1.59. The first-order valence-electron chi connectivity index (χ1n) is 13.1. The normalized spacial score (nSPS) is 18.7. The minimum atomic E-state index is -4.73. The molecule has 4 rings (SSSR count). The third-order valence-electron chi connectivity index (χ3n) is 6.60. The maximum absolute atomic E-state index is 13.9. The summed E-state index contributed by atoms with van der Waals surface area (Å²) in [4.78, 5) is 18.3. The molecule has 0 saturated heterocycles. The van der Waals surface area contributed by atoms with Crippen molar-refractivity contribution >= 4 is 17.9 Å². The zero-order valence-corrected chi connectivity index (χ0v) is 22.3. The molecule has 3 aromatic carbocycles. The Morgan fingerprint density at radius 3 is 2.54 bits per heavy atom. The van der Waals surface area contributed by atoms with E-state index in [0.717, 1.165) is 17.7 Å². The molecule has 0 fully saturated rings. The monoisotopic (exact) mass is 570 g/mol. The molecule has 0 unspecified atom stereocenters. The van der Waals surface area contributed by atoms with Crippen LogP contribution in [0.5, 0.6) is 5.75 Å². The molecular formula is C31H30F4N2O4. The Hall–Kier alpha value is -4.18. The molecule has 1 heterocycles. The van der Waals surface area contributed by atoms with Crippen molar-refractivity contribution in [2.24, 2.45) is 4.99 Å². The van der Waals surface area contributed by atoms with Gasteiger partial charge in [-0.2, -0.15) is 13.2 Å². The van der Waals surface area contributed by atoms with Crippen LogP contribution in [0.1, 0.15) is 42.0 Å². The number of hydrogen-bond acceptors (Lipinski definition) is 5. The average molecular weight is 571 g/mol. The van der Waals surface area contributed by atoms with Gasteiger partial charge in [0, 0.05) is 31.6 Å². The number of amides is 1. The lowest BCUT2D eigenvalue weighted by Gasteiger charge is -2.27. The molecular weight excluding hydrogens is 540 g/mol. The third kappa shape index (κ3) is 7.52. The molecule has 3 aromatic rings. The molecule has 0 aliphatic carbocycles. The van der Waals surface area contributed by atoms with Gasteiger partial charge < -0.3 is 19.9 Å². The molecule has 41 heavy (non-hydrogen) atoms. The van der Waals surface area contributed by atoms with Gasteiger partial charge in [-0.25, -0.2) is 9.38 Å². The van der Waals surface area contributed by atoms with Crippen molar-refractivity contribution in [2.45, 2.75) is 44.1 Å². The van der Waals surface area contributed by atoms with Gasteiger partial charge in [-0.05, 0) is 60.5 Å². The fraction of sp³-hybridized carbons (Fsp3) is 0.290. The maximum atomic E-state index is 13.9. The van der Waals surface area contributed by atoms with Gasteiger partial charge in [0.1, 0.15) is 17.7 Å². The van der Waals surface area contributed by atoms with E-state index in [1.165, 1.54) is 0 Å². The second-order valence-corrected chi connectivity index (χ2v) is 9.60. The highest BCUT2D eigenvalue weighted by Crippen LogP contribution is 2.34. The van der Waals surface area contributed by atoms with Crippen molar-refractivity contribution in [1.29, 1.82) is 0 Å². The van der Waals surface area contributed by atoms with Crippen molar-refractivity contribution in [3.8, 4) is 5.75 Å². The molecule has 1 aliphatic heterocycles. The summed E-state index contributed by atoms with van der Waals surface area (Å²) in [6.45, 7) is 1.74. The number of nitrogens with zero attached hydrogens (tertiary/aromatic N) is 1. The summed E-state index contributed by atoms with van der Waals surface area (Å²) in [5.74, 6) is -0.796. The number of carbonyl (C=O) groups excluding carboxylic acids is 1. The van der Waals surface area contributed by atoms with Gasteiger partial charge in [0.05, 0.1) is 12.2 Å². The number of nitrogens with one attached hydrogen (secondary N) is 1. The molecule has 0 spiro atoms. The van der Waals surface area contributed by atoms with Crippen LogP contribution in [0.25, 0.3) is 6.08 Å². The van der Waals surface area contributed by atoms with Crippen LogP contribution >= 0.6 is 0 Å². The molecule has 0 bridgehead atoms. The predicted molar refractivity (Wildman–Crippen MR) is 147 cm³/mol. The number of aliphatic imine (C=N–C) groups is 1. The fourth-order valence-electron chi connectivity index (χ4n) is 4.37. The Morgan fingerprint density at radius 1 is 1.12 bits per heavy atom. The van der Waals surface area contributed by atoms with E-state index in [-0.39, 0.29) is 31.0 Å². The van der Waals surface area contributed by atoms with Crippen LogP contribution in [0.15, 0.2) is 83.9 Å². The number of halogens is 4. The lowest BCUT2D eigenvalue weighted by molar-refractivity contribution is -0.137. The topological polar surface area (TPSA) is 80.2 Å². The van der Waals surface area contributed by atoms with Gasteiger partial charge in [0.2, 0.25) is 5.90 Å². The quantitative estimate of drug-likeness (QED) is 0.221. The van der Waals surface area contributed by atoms with Crippen LogP contribution in [0.2, 0.25) is 0 Å². The molecule has 0 aromatic heterocycles. The Kier molecular flexibility index (Phi) is 9.44. The highest BCUT2D eigenvalue weighted by atomic mass is 19.4. The van der Waals surface area contributed by atoms with E-state index in [1.807, 2.05) is 36.4 Å². The van der Waals surface area contributed by atoms with Crippen LogP contribution in [-0.4, -0.2) is 41.8 Å². The van der Waals surface area contributed by atoms with E-state index in [1.54, 1.807) is 37.3 Å². The molecule has 6 nitrogen and oxygen atoms in total. The lowest BCUT2D eigenvalue weighted by Crippen LogP contribution is -2.50. The first kappa shape index (κ1) is 29.8. The molecule has 1 aliphatic rings. The number of aliphatic hydroxyl groups is 1. The van der Waals surface area contributed by atoms with Crippen LogP contribution < -0.4 is 10.1 Å². The first-order valence-corrected chi connectivity index (χ1v) is 13.1. The zero-order valence-electron chi connectivity index (χ0n) is 22.3. The number of rotatable bonds is 11. The van der Waals surface area contributed by atoms with Crippen molar-refractivity contribution < 1.29 is 36.9 Å². The smallest absolute Gasteiger partial charge is 0.416 e. The SMILES string of the molecule is C[C@H]1OC(c2ccc(OCCCO)cc2)=N[C@@]1(C/C=C/c1ccccc1)C(=O)NCc1cc(F)cc(C(F)(F)F)c1. The summed E-state index contributed by atoms with van der Waals surface area (Å²) >= 11 is 0. The minimum absolute atomic E-state index is 0.0200. The van der Waals surface area contributed by atoms with Gasteiger partial charge in [0.25, 0.3) is 5.91 Å². The second kappa shape index (κ2) is 13.0. The highest BCUT2D eigenvalue weighted by Gasteiger charge is 2.49. The Bertz CT molecular complexity index is 1390. The zero-order chi connectivity index (χ0) is 29.5. The average Bonchev–Trinajstić information content (AvgIpc) is 3.29. The van der Waals surface area contributed by atoms with E-state index in [4.69, 9.17) is 19.6 Å². The number of alkyl halides is 3. The second-order valence-electron chi connectivity index (χ2n) is 9.60. The Morgan fingerprint density at radius 2 is 1.85 bits per heavy atom. The van der Waals surface area contributed by atoms with Gasteiger partial charge >= 0.3 is 6.18 Å². The lowest BCUT2D eigenvalue weighted by atomic mass is 9.88. The summed E-state index contributed by atoms with van der Waals surface area (Å²) in [7, 11) is 0. The number of carbonyl (C=O) groups is 1. The van der Waals surface area contributed by atoms with E-state index < -0.39 is 35.1 Å². The first-order chi connectivity index (χ1) is 19.6. The third-order valence-corrected chi connectivity index (χ3v) is 6.60. The van der Waals surface area contributed by atoms with Gasteiger partial charge in [0.15, 0.2) is 5.54 Å². The standard InChI is InChI=1S/C31H30F4N2O4/c1-21-30(14-5-9-22-7-3-2-4-8-22,29(39)36-20-23-17-25(31(33,34)35)19-26(32)18-23)37-28(41-21)24-10-12-27(13-11-24)40-16-6-15-38/h2-5,7-13,17-19,21,38H,6,14-16,20H2,1H3,(H,36,39)/b9-5+/t21-,30-/m1/s1. The summed E-state index contributed by atoms with van der Waals surface area (Å²) in [6.07, 6.45) is -1.18. The van der Waals surface area contributed by atoms with E-state index in [9.17, 15) is 22.4 Å². The highest BCUT2D eigenvalue weighted by molar-refractivity contribution is 6.00. The number of aliphatic hydroxyl groups excluding tert-OH is 1. The van der Waals surface area contributed by atoms with Crippen molar-refractivity contribution in [3.05, 3.63) is 107 Å². The molecule has 2 atom stereocenters. The predicted octanol–water partition coefficient (Wildman–Crippen LogP) is 5.93. The van der Waals surface area contributed by atoms with Crippen molar-refractivity contribution in [1.82, 2.24) is 5.32 Å². The summed E-state index contributed by atoms with van der Waals surface area (Å²) in [6, 6.07) is 18.5. The summed E-state index contributed by atoms with van der Waals surface area (Å²) in [5, 5.41) is 11.6. The number of ether oxygens (including phenoxy) is 2. The number of hydrogen-bond donors (Lipinski definition) is 2. The van der Waals surface area contributed by atoms with Crippen LogP contribution in [0, 0.1) is 5.82 Å². The van der Waals surface area contributed by atoms with Crippen molar-refractivity contribution in [2.75, 3.05) is 13.2 Å². The Labute approximate surface area is 235 Å². The molecule has 2 N–H and O–H groups in total. The van der Waals surface area contributed by atoms with E-state index in [2.05, 4.69) is 5.32 Å². The molecule has 216 valence electrons. The van der Waals surface area contributed by atoms with Gasteiger partial charge in [-0.1, -0.05) is 42.5 Å². The molecule has 0 saturated carbocycles. The summed E-state index contributed by atoms with van der Waals surface area (Å²) < 4.78 is 65.0. The van der Waals surface area contributed by atoms with Crippen LogP contribution in [0.4, 0.5) is 17.6 Å². The minimum Gasteiger partial charge on any atom is -0.494 e. The molecule has 0 radical (unpaired) electrons.